The monoisotopic (exact) mass is 735 g/mol. The quantitative estimate of drug-likeness (QED) is 0.169. The first kappa shape index (κ1) is 35.0. The van der Waals surface area contributed by atoms with Gasteiger partial charge in [0.05, 0.1) is 34.1 Å². The van der Waals surface area contributed by atoms with E-state index in [0.717, 1.165) is 24.3 Å². The van der Waals surface area contributed by atoms with Crippen LogP contribution >= 0.6 is 23.2 Å². The fraction of sp³-hybridized carbons (Fsp3) is 0.179. The third-order valence-electron chi connectivity index (χ3n) is 6.70. The molecule has 20 heteroatoms. The Labute approximate surface area is 268 Å². The molecule has 0 aliphatic heterocycles. The van der Waals surface area contributed by atoms with Gasteiger partial charge in [-0.1, -0.05) is 35.3 Å². The summed E-state index contributed by atoms with van der Waals surface area (Å²) in [5.41, 5.74) is -9.11. The molecule has 0 bridgehead atoms. The molecule has 0 aliphatic rings. The number of benzene rings is 3. The summed E-state index contributed by atoms with van der Waals surface area (Å²) >= 11 is 12.3. The van der Waals surface area contributed by atoms with Crippen LogP contribution in [0.15, 0.2) is 53.5 Å². The van der Waals surface area contributed by atoms with Crippen LogP contribution in [0.3, 0.4) is 0 Å². The lowest BCUT2D eigenvalue weighted by atomic mass is 10.2. The van der Waals surface area contributed by atoms with Crippen LogP contribution < -0.4 is 5.49 Å². The average molecular weight is 736 g/mol. The SMILES string of the molecule is Fc1cccc(F)c1CN=c1c2c(C(F)(F)F)nc(C(F)(F)F)nc2n(Cc2c(F)cccc2F)n1-c1c(Cl)cc(C(F)(F)F)cc1Cl. The van der Waals surface area contributed by atoms with E-state index in [4.69, 9.17) is 23.2 Å². The molecule has 5 aromatic rings. The number of halogens is 15. The van der Waals surface area contributed by atoms with Crippen molar-refractivity contribution < 1.29 is 57.1 Å². The highest BCUT2D eigenvalue weighted by Gasteiger charge is 2.43. The zero-order valence-corrected chi connectivity index (χ0v) is 24.5. The molecule has 0 atom stereocenters. The van der Waals surface area contributed by atoms with Crippen molar-refractivity contribution in [1.82, 2.24) is 19.3 Å². The molecular formula is C28H12Cl2F13N5. The van der Waals surface area contributed by atoms with E-state index in [2.05, 4.69) is 15.0 Å². The van der Waals surface area contributed by atoms with Crippen LogP contribution in [0.2, 0.25) is 10.0 Å². The summed E-state index contributed by atoms with van der Waals surface area (Å²) in [5.74, 6) is -7.64. The van der Waals surface area contributed by atoms with E-state index in [-0.39, 0.29) is 16.8 Å². The Kier molecular flexibility index (Phi) is 8.96. The van der Waals surface area contributed by atoms with Gasteiger partial charge in [0.25, 0.3) is 0 Å². The third kappa shape index (κ3) is 6.54. The Hall–Kier alpha value is -4.32. The van der Waals surface area contributed by atoms with Gasteiger partial charge >= 0.3 is 18.5 Å². The Balaban J connectivity index is 2.05. The van der Waals surface area contributed by atoms with Gasteiger partial charge < -0.3 is 0 Å². The second-order valence-electron chi connectivity index (χ2n) is 9.79. The molecule has 0 saturated carbocycles. The number of rotatable bonds is 5. The van der Waals surface area contributed by atoms with Crippen LogP contribution in [-0.4, -0.2) is 19.3 Å². The summed E-state index contributed by atoms with van der Waals surface area (Å²) in [6, 6.07) is 5.18. The summed E-state index contributed by atoms with van der Waals surface area (Å²) in [7, 11) is 0. The van der Waals surface area contributed by atoms with Crippen molar-refractivity contribution in [3.63, 3.8) is 0 Å². The van der Waals surface area contributed by atoms with Gasteiger partial charge in [0.1, 0.15) is 29.0 Å². The van der Waals surface area contributed by atoms with Crippen molar-refractivity contribution in [2.24, 2.45) is 4.99 Å². The highest BCUT2D eigenvalue weighted by atomic mass is 35.5. The predicted octanol–water partition coefficient (Wildman–Crippen LogP) is 9.29. The molecule has 2 heterocycles. The van der Waals surface area contributed by atoms with E-state index in [1.54, 1.807) is 0 Å². The van der Waals surface area contributed by atoms with Gasteiger partial charge in [-0.3, -0.25) is 9.67 Å². The molecule has 0 unspecified atom stereocenters. The number of hydrogen-bond donors (Lipinski definition) is 0. The molecule has 5 nitrogen and oxygen atoms in total. The molecule has 0 N–H and O–H groups in total. The second-order valence-corrected chi connectivity index (χ2v) is 10.6. The maximum atomic E-state index is 14.9. The fourth-order valence-electron chi connectivity index (χ4n) is 4.61. The van der Waals surface area contributed by atoms with E-state index < -0.39 is 115 Å². The minimum absolute atomic E-state index is 0.249. The topological polar surface area (TPSA) is 48.0 Å². The van der Waals surface area contributed by atoms with Gasteiger partial charge in [0.2, 0.25) is 5.82 Å². The minimum Gasteiger partial charge on any atom is -0.261 e. The molecule has 0 amide bonds. The van der Waals surface area contributed by atoms with E-state index in [9.17, 15) is 57.1 Å². The Bertz CT molecular complexity index is 2070. The number of nitrogens with zero attached hydrogens (tertiary/aromatic N) is 5. The normalized spacial score (nSPS) is 13.2. The molecule has 254 valence electrons. The largest absolute Gasteiger partial charge is 0.451 e. The standard InChI is InChI=1S/C28H12Cl2F13N5/c29-14-7-11(26(35,36)37)8-15(30)21(14)48-23(44-9-12-16(31)3-1-4-17(12)32)20-22(27(38,39)40)45-25(28(41,42)43)46-24(20)47(48)10-13-18(33)5-2-6-19(13)34/h1-8H,9-10H2. The lowest BCUT2D eigenvalue weighted by Gasteiger charge is -2.18. The maximum Gasteiger partial charge on any atom is 0.451 e. The summed E-state index contributed by atoms with van der Waals surface area (Å²) in [4.78, 5) is 9.60. The van der Waals surface area contributed by atoms with E-state index in [1.807, 2.05) is 0 Å². The summed E-state index contributed by atoms with van der Waals surface area (Å²) in [6.07, 6.45) is -16.5. The lowest BCUT2D eigenvalue weighted by Crippen LogP contribution is -2.26. The van der Waals surface area contributed by atoms with Crippen LogP contribution in [0.25, 0.3) is 16.7 Å². The van der Waals surface area contributed by atoms with Crippen molar-refractivity contribution in [3.05, 3.63) is 116 Å². The molecular weight excluding hydrogens is 724 g/mol. The summed E-state index contributed by atoms with van der Waals surface area (Å²) in [5, 5.41) is -3.41. The molecule has 0 aliphatic carbocycles. The van der Waals surface area contributed by atoms with Crippen LogP contribution in [0.4, 0.5) is 57.1 Å². The summed E-state index contributed by atoms with van der Waals surface area (Å²) in [6.45, 7) is -2.49. The Morgan fingerprint density at radius 3 is 1.62 bits per heavy atom. The van der Waals surface area contributed by atoms with Crippen LogP contribution in [-0.2, 0) is 31.6 Å². The minimum atomic E-state index is -5.75. The molecule has 5 rings (SSSR count). The number of aromatic nitrogens is 4. The van der Waals surface area contributed by atoms with Crippen LogP contribution in [0.5, 0.6) is 0 Å². The zero-order valence-electron chi connectivity index (χ0n) is 22.9. The van der Waals surface area contributed by atoms with E-state index >= 15 is 0 Å². The number of fused-ring (bicyclic) bond motifs is 1. The molecule has 2 aromatic heterocycles. The van der Waals surface area contributed by atoms with Crippen molar-refractivity contribution in [3.8, 4) is 5.69 Å². The molecule has 0 saturated heterocycles. The highest BCUT2D eigenvalue weighted by molar-refractivity contribution is 6.37. The molecule has 0 fully saturated rings. The smallest absolute Gasteiger partial charge is 0.261 e. The molecule has 48 heavy (non-hydrogen) atoms. The molecule has 0 spiro atoms. The van der Waals surface area contributed by atoms with E-state index in [0.29, 0.717) is 16.8 Å². The van der Waals surface area contributed by atoms with Gasteiger partial charge in [0, 0.05) is 11.1 Å². The van der Waals surface area contributed by atoms with Crippen LogP contribution in [0.1, 0.15) is 28.2 Å². The van der Waals surface area contributed by atoms with Gasteiger partial charge in [-0.2, -0.15) is 39.5 Å². The lowest BCUT2D eigenvalue weighted by molar-refractivity contribution is -0.151. The van der Waals surface area contributed by atoms with Crippen molar-refractivity contribution >= 4 is 34.2 Å². The Morgan fingerprint density at radius 1 is 0.667 bits per heavy atom. The maximum absolute atomic E-state index is 14.9. The second kappa shape index (κ2) is 12.3. The number of alkyl halides is 9. The first-order chi connectivity index (χ1) is 22.2. The highest BCUT2D eigenvalue weighted by Crippen LogP contribution is 2.40. The molecule has 0 radical (unpaired) electrons. The molecule has 3 aromatic carbocycles. The van der Waals surface area contributed by atoms with Crippen molar-refractivity contribution in [2.45, 2.75) is 31.6 Å². The van der Waals surface area contributed by atoms with Crippen molar-refractivity contribution in [1.29, 1.82) is 0 Å². The fourth-order valence-corrected chi connectivity index (χ4v) is 5.26. The van der Waals surface area contributed by atoms with E-state index in [1.165, 1.54) is 0 Å². The zero-order chi connectivity index (χ0) is 35.5. The van der Waals surface area contributed by atoms with Gasteiger partial charge in [-0.05, 0) is 36.4 Å². The number of hydrogen-bond acceptors (Lipinski definition) is 3. The predicted molar refractivity (Wildman–Crippen MR) is 143 cm³/mol. The van der Waals surface area contributed by atoms with Crippen molar-refractivity contribution in [2.75, 3.05) is 0 Å². The first-order valence-electron chi connectivity index (χ1n) is 12.8. The van der Waals surface area contributed by atoms with Gasteiger partial charge in [0.15, 0.2) is 16.8 Å². The first-order valence-corrected chi connectivity index (χ1v) is 13.6. The van der Waals surface area contributed by atoms with Gasteiger partial charge in [-0.15, -0.1) is 0 Å². The Morgan fingerprint density at radius 2 is 1.17 bits per heavy atom. The third-order valence-corrected chi connectivity index (χ3v) is 7.27. The average Bonchev–Trinajstić information content (AvgIpc) is 3.25. The summed E-state index contributed by atoms with van der Waals surface area (Å²) < 4.78 is 185. The van der Waals surface area contributed by atoms with Crippen LogP contribution in [0, 0.1) is 23.3 Å². The van der Waals surface area contributed by atoms with Gasteiger partial charge in [-0.25, -0.2) is 32.2 Å².